The van der Waals surface area contributed by atoms with Crippen LogP contribution in [0.1, 0.15) is 30.3 Å². The van der Waals surface area contributed by atoms with Gasteiger partial charge in [0.1, 0.15) is 13.2 Å². The number of esters is 1. The second-order valence-electron chi connectivity index (χ2n) is 3.77. The summed E-state index contributed by atoms with van der Waals surface area (Å²) in [5.74, 6) is -1.77. The molecule has 0 radical (unpaired) electrons. The monoisotopic (exact) mass is 271 g/mol. The number of nitrogens with zero attached hydrogens (tertiary/aromatic N) is 3. The summed E-state index contributed by atoms with van der Waals surface area (Å²) < 4.78 is 11.1. The summed E-state index contributed by atoms with van der Waals surface area (Å²) >= 11 is 0. The third kappa shape index (κ3) is 5.47. The average molecular weight is 271 g/mol. The summed E-state index contributed by atoms with van der Waals surface area (Å²) in [5.41, 5.74) is -0.156. The fraction of sp³-hybridized carbons (Fsp3) is 0.636. The number of aromatic carboxylic acids is 1. The SMILES string of the molecule is CCCCOCCOC(=O)Cn1nncc1C(=O)O. The van der Waals surface area contributed by atoms with Gasteiger partial charge in [0.05, 0.1) is 12.8 Å². The largest absolute Gasteiger partial charge is 0.476 e. The molecule has 8 nitrogen and oxygen atoms in total. The molecule has 1 heterocycles. The van der Waals surface area contributed by atoms with Gasteiger partial charge >= 0.3 is 11.9 Å². The summed E-state index contributed by atoms with van der Waals surface area (Å²) in [4.78, 5) is 22.2. The van der Waals surface area contributed by atoms with E-state index in [0.717, 1.165) is 23.7 Å². The molecule has 0 bridgehead atoms. The second kappa shape index (κ2) is 8.20. The Hall–Kier alpha value is -1.96. The molecule has 1 N–H and O–H groups in total. The first-order valence-corrected chi connectivity index (χ1v) is 6.00. The van der Waals surface area contributed by atoms with Gasteiger partial charge in [0.2, 0.25) is 0 Å². The number of ether oxygens (including phenoxy) is 2. The number of rotatable bonds is 9. The zero-order chi connectivity index (χ0) is 14.1. The van der Waals surface area contributed by atoms with E-state index in [2.05, 4.69) is 17.2 Å². The van der Waals surface area contributed by atoms with Crippen molar-refractivity contribution in [3.05, 3.63) is 11.9 Å². The number of aromatic nitrogens is 3. The van der Waals surface area contributed by atoms with Crippen molar-refractivity contribution in [2.24, 2.45) is 0 Å². The van der Waals surface area contributed by atoms with Gasteiger partial charge < -0.3 is 14.6 Å². The minimum atomic E-state index is -1.19. The van der Waals surface area contributed by atoms with Crippen LogP contribution in [0.3, 0.4) is 0 Å². The summed E-state index contributed by atoms with van der Waals surface area (Å²) in [6.07, 6.45) is 3.09. The Morgan fingerprint density at radius 2 is 2.16 bits per heavy atom. The zero-order valence-corrected chi connectivity index (χ0v) is 10.7. The second-order valence-corrected chi connectivity index (χ2v) is 3.77. The van der Waals surface area contributed by atoms with Gasteiger partial charge in [-0.3, -0.25) is 4.79 Å². The predicted octanol–water partition coefficient (Wildman–Crippen LogP) is 0.336. The van der Waals surface area contributed by atoms with Crippen LogP contribution in [-0.4, -0.2) is 51.9 Å². The Bertz CT molecular complexity index is 418. The van der Waals surface area contributed by atoms with Crippen LogP contribution in [-0.2, 0) is 20.8 Å². The van der Waals surface area contributed by atoms with E-state index in [4.69, 9.17) is 14.6 Å². The van der Waals surface area contributed by atoms with Crippen LogP contribution in [0.25, 0.3) is 0 Å². The number of carbonyl (C=O) groups is 2. The van der Waals surface area contributed by atoms with Gasteiger partial charge in [-0.1, -0.05) is 18.6 Å². The lowest BCUT2D eigenvalue weighted by Crippen LogP contribution is -2.20. The molecule has 0 aromatic carbocycles. The van der Waals surface area contributed by atoms with Gasteiger partial charge in [0.15, 0.2) is 5.69 Å². The average Bonchev–Trinajstić information content (AvgIpc) is 2.81. The standard InChI is InChI=1S/C11H17N3O5/c1-2-3-4-18-5-6-19-10(15)8-14-9(11(16)17)7-12-13-14/h7H,2-6,8H2,1H3,(H,16,17). The van der Waals surface area contributed by atoms with Crippen LogP contribution in [0.5, 0.6) is 0 Å². The van der Waals surface area contributed by atoms with Gasteiger partial charge in [-0.2, -0.15) is 0 Å². The first-order chi connectivity index (χ1) is 9.15. The minimum absolute atomic E-state index is 0.139. The van der Waals surface area contributed by atoms with Crippen molar-refractivity contribution in [3.8, 4) is 0 Å². The molecule has 8 heteroatoms. The quantitative estimate of drug-likeness (QED) is 0.510. The molecular formula is C11H17N3O5. The normalized spacial score (nSPS) is 10.4. The molecule has 1 rings (SSSR count). The lowest BCUT2D eigenvalue weighted by atomic mass is 10.4. The first kappa shape index (κ1) is 15.1. The lowest BCUT2D eigenvalue weighted by Gasteiger charge is -2.06. The van der Waals surface area contributed by atoms with Crippen molar-refractivity contribution < 1.29 is 24.2 Å². The van der Waals surface area contributed by atoms with E-state index in [1.165, 1.54) is 0 Å². The number of hydrogen-bond donors (Lipinski definition) is 1. The molecule has 0 saturated heterocycles. The number of unbranched alkanes of at least 4 members (excludes halogenated alkanes) is 1. The highest BCUT2D eigenvalue weighted by Crippen LogP contribution is 1.97. The van der Waals surface area contributed by atoms with Gasteiger partial charge in [0, 0.05) is 6.61 Å². The zero-order valence-electron chi connectivity index (χ0n) is 10.7. The van der Waals surface area contributed by atoms with Gasteiger partial charge in [0.25, 0.3) is 0 Å². The van der Waals surface area contributed by atoms with Crippen molar-refractivity contribution in [1.82, 2.24) is 15.0 Å². The van der Waals surface area contributed by atoms with Crippen LogP contribution in [0.4, 0.5) is 0 Å². The maximum atomic E-state index is 11.4. The van der Waals surface area contributed by atoms with Gasteiger partial charge in [-0.05, 0) is 6.42 Å². The van der Waals surface area contributed by atoms with Crippen LogP contribution in [0, 0.1) is 0 Å². The third-order valence-corrected chi connectivity index (χ3v) is 2.25. The molecule has 0 aliphatic rings. The molecule has 0 atom stereocenters. The number of hydrogen-bond acceptors (Lipinski definition) is 6. The third-order valence-electron chi connectivity index (χ3n) is 2.25. The van der Waals surface area contributed by atoms with E-state index >= 15 is 0 Å². The highest BCUT2D eigenvalue weighted by atomic mass is 16.6. The van der Waals surface area contributed by atoms with Crippen molar-refractivity contribution in [1.29, 1.82) is 0 Å². The number of carbonyl (C=O) groups excluding carboxylic acids is 1. The van der Waals surface area contributed by atoms with Crippen LogP contribution in [0.2, 0.25) is 0 Å². The van der Waals surface area contributed by atoms with E-state index in [1.54, 1.807) is 0 Å². The molecular weight excluding hydrogens is 254 g/mol. The maximum Gasteiger partial charge on any atom is 0.355 e. The Labute approximate surface area is 110 Å². The molecule has 1 aromatic heterocycles. The maximum absolute atomic E-state index is 11.4. The van der Waals surface area contributed by atoms with E-state index < -0.39 is 11.9 Å². The molecule has 0 unspecified atom stereocenters. The molecule has 0 spiro atoms. The van der Waals surface area contributed by atoms with Crippen molar-refractivity contribution in [2.75, 3.05) is 19.8 Å². The summed E-state index contributed by atoms with van der Waals surface area (Å²) in [6, 6.07) is 0. The fourth-order valence-electron chi connectivity index (χ4n) is 1.27. The van der Waals surface area contributed by atoms with E-state index in [0.29, 0.717) is 13.2 Å². The van der Waals surface area contributed by atoms with Crippen molar-refractivity contribution in [3.63, 3.8) is 0 Å². The number of carboxylic acid groups (broad SMARTS) is 1. The van der Waals surface area contributed by atoms with E-state index in [1.807, 2.05) is 0 Å². The summed E-state index contributed by atoms with van der Waals surface area (Å²) in [5, 5.41) is 15.7. The van der Waals surface area contributed by atoms with E-state index in [-0.39, 0.29) is 18.8 Å². The molecule has 0 aliphatic heterocycles. The molecule has 0 amide bonds. The van der Waals surface area contributed by atoms with Gasteiger partial charge in [-0.25, -0.2) is 9.48 Å². The number of carboxylic acids is 1. The Kier molecular flexibility index (Phi) is 6.51. The van der Waals surface area contributed by atoms with Gasteiger partial charge in [-0.15, -0.1) is 5.10 Å². The topological polar surface area (TPSA) is 104 Å². The van der Waals surface area contributed by atoms with Crippen LogP contribution < -0.4 is 0 Å². The van der Waals surface area contributed by atoms with Crippen molar-refractivity contribution >= 4 is 11.9 Å². The predicted molar refractivity (Wildman–Crippen MR) is 63.7 cm³/mol. The molecule has 19 heavy (non-hydrogen) atoms. The summed E-state index contributed by atoms with van der Waals surface area (Å²) in [6.45, 7) is 2.88. The molecule has 0 saturated carbocycles. The first-order valence-electron chi connectivity index (χ1n) is 6.00. The van der Waals surface area contributed by atoms with Crippen LogP contribution in [0.15, 0.2) is 6.20 Å². The minimum Gasteiger partial charge on any atom is -0.476 e. The highest BCUT2D eigenvalue weighted by Gasteiger charge is 2.14. The molecule has 106 valence electrons. The molecule has 0 aliphatic carbocycles. The lowest BCUT2D eigenvalue weighted by molar-refractivity contribution is -0.146. The molecule has 1 aromatic rings. The highest BCUT2D eigenvalue weighted by molar-refractivity contribution is 5.85. The Morgan fingerprint density at radius 1 is 1.37 bits per heavy atom. The van der Waals surface area contributed by atoms with Crippen LogP contribution >= 0.6 is 0 Å². The summed E-state index contributed by atoms with van der Waals surface area (Å²) in [7, 11) is 0. The molecule has 0 fully saturated rings. The smallest absolute Gasteiger partial charge is 0.355 e. The Morgan fingerprint density at radius 3 is 2.84 bits per heavy atom. The van der Waals surface area contributed by atoms with Crippen molar-refractivity contribution in [2.45, 2.75) is 26.3 Å². The fourth-order valence-corrected chi connectivity index (χ4v) is 1.27. The Balaban J connectivity index is 2.24. The van der Waals surface area contributed by atoms with E-state index in [9.17, 15) is 9.59 Å².